The van der Waals surface area contributed by atoms with Crippen LogP contribution in [0.4, 0.5) is 5.69 Å². The number of methoxy groups -OCH3 is 1. The Kier molecular flexibility index (Phi) is 1.53. The number of nitrogen functional groups attached to an aromatic ring is 1. The van der Waals surface area contributed by atoms with Gasteiger partial charge in [-0.25, -0.2) is 4.98 Å². The third kappa shape index (κ3) is 1.32. The monoisotopic (exact) mass is 123 g/mol. The minimum Gasteiger partial charge on any atom is -0.481 e. The molecule has 0 bridgehead atoms. The zero-order valence-electron chi connectivity index (χ0n) is 5.09. The zero-order chi connectivity index (χ0) is 6.69. The molecule has 0 saturated heterocycles. The number of ether oxygens (including phenoxy) is 1. The molecular formula is C6H7N2O. The third-order valence-corrected chi connectivity index (χ3v) is 0.910. The highest BCUT2D eigenvalue weighted by atomic mass is 16.5. The molecule has 47 valence electrons. The lowest BCUT2D eigenvalue weighted by Crippen LogP contribution is -1.89. The van der Waals surface area contributed by atoms with Gasteiger partial charge in [0.05, 0.1) is 12.8 Å². The topological polar surface area (TPSA) is 48.1 Å². The summed E-state index contributed by atoms with van der Waals surface area (Å²) in [5.41, 5.74) is 5.83. The number of nitrogens with zero attached hydrogens (tertiary/aromatic N) is 1. The van der Waals surface area contributed by atoms with Crippen LogP contribution in [0.2, 0.25) is 0 Å². The van der Waals surface area contributed by atoms with E-state index in [1.54, 1.807) is 19.2 Å². The molecule has 0 aliphatic rings. The van der Waals surface area contributed by atoms with Crippen LogP contribution in [0.5, 0.6) is 5.88 Å². The molecule has 3 heteroatoms. The average Bonchev–Trinajstić information content (AvgIpc) is 1.90. The first-order valence-corrected chi connectivity index (χ1v) is 2.51. The summed E-state index contributed by atoms with van der Waals surface area (Å²) in [6.45, 7) is 0. The van der Waals surface area contributed by atoms with E-state index in [2.05, 4.69) is 11.2 Å². The first-order valence-electron chi connectivity index (χ1n) is 2.51. The molecule has 1 aromatic heterocycles. The van der Waals surface area contributed by atoms with Gasteiger partial charge in [-0.05, 0) is 6.07 Å². The van der Waals surface area contributed by atoms with Gasteiger partial charge >= 0.3 is 0 Å². The number of rotatable bonds is 1. The Balaban J connectivity index is 2.88. The summed E-state index contributed by atoms with van der Waals surface area (Å²) in [6, 6.07) is 3.37. The normalized spacial score (nSPS) is 9.00. The molecule has 0 aliphatic heterocycles. The summed E-state index contributed by atoms with van der Waals surface area (Å²) in [6.07, 6.45) is 2.55. The van der Waals surface area contributed by atoms with Crippen LogP contribution in [0.15, 0.2) is 12.1 Å². The number of nitrogens with two attached hydrogens (primary N) is 1. The van der Waals surface area contributed by atoms with Crippen molar-refractivity contribution >= 4 is 5.69 Å². The van der Waals surface area contributed by atoms with E-state index < -0.39 is 0 Å². The standard InChI is InChI=1S/C6H7N2O/c1-9-6-3-2-5(7)4-8-6/h2-3H,7H2,1H3. The quantitative estimate of drug-likeness (QED) is 0.590. The van der Waals surface area contributed by atoms with E-state index in [-0.39, 0.29) is 0 Å². The Morgan fingerprint density at radius 2 is 2.44 bits per heavy atom. The molecule has 2 N–H and O–H groups in total. The number of hydrogen-bond acceptors (Lipinski definition) is 3. The van der Waals surface area contributed by atoms with E-state index in [9.17, 15) is 0 Å². The van der Waals surface area contributed by atoms with Gasteiger partial charge < -0.3 is 10.5 Å². The van der Waals surface area contributed by atoms with Gasteiger partial charge in [0.15, 0.2) is 0 Å². The van der Waals surface area contributed by atoms with Gasteiger partial charge in [-0.3, -0.25) is 0 Å². The summed E-state index contributed by atoms with van der Waals surface area (Å²) in [4.78, 5) is 3.72. The maximum absolute atomic E-state index is 5.31. The highest BCUT2D eigenvalue weighted by Gasteiger charge is 1.88. The maximum atomic E-state index is 5.31. The molecule has 1 radical (unpaired) electrons. The summed E-state index contributed by atoms with van der Waals surface area (Å²) in [5, 5.41) is 0. The molecule has 3 nitrogen and oxygen atoms in total. The highest BCUT2D eigenvalue weighted by Crippen LogP contribution is 2.05. The van der Waals surface area contributed by atoms with Crippen molar-refractivity contribution in [2.45, 2.75) is 0 Å². The Labute approximate surface area is 53.5 Å². The summed E-state index contributed by atoms with van der Waals surface area (Å²) in [5.74, 6) is 0.532. The molecule has 0 amide bonds. The average molecular weight is 123 g/mol. The van der Waals surface area contributed by atoms with Crippen LogP contribution in [0.1, 0.15) is 0 Å². The van der Waals surface area contributed by atoms with E-state index in [0.717, 1.165) is 0 Å². The van der Waals surface area contributed by atoms with E-state index in [1.807, 2.05) is 0 Å². The predicted molar refractivity (Wildman–Crippen MR) is 34.0 cm³/mol. The molecule has 0 aromatic carbocycles. The summed E-state index contributed by atoms with van der Waals surface area (Å²) in [7, 11) is 1.55. The molecule has 1 aromatic rings. The highest BCUT2D eigenvalue weighted by molar-refractivity contribution is 5.34. The van der Waals surface area contributed by atoms with E-state index in [1.165, 1.54) is 0 Å². The number of hydrogen-bond donors (Lipinski definition) is 1. The second-order valence-corrected chi connectivity index (χ2v) is 1.55. The molecule has 0 saturated carbocycles. The molecule has 1 rings (SSSR count). The first-order chi connectivity index (χ1) is 4.33. The van der Waals surface area contributed by atoms with Gasteiger partial charge in [-0.2, -0.15) is 0 Å². The second kappa shape index (κ2) is 2.35. The Morgan fingerprint density at radius 1 is 1.67 bits per heavy atom. The van der Waals surface area contributed by atoms with Crippen molar-refractivity contribution in [3.8, 4) is 5.88 Å². The minimum absolute atomic E-state index is 0.524. The van der Waals surface area contributed by atoms with Gasteiger partial charge in [-0.15, -0.1) is 0 Å². The lowest BCUT2D eigenvalue weighted by Gasteiger charge is -1.95. The molecule has 0 spiro atoms. The zero-order valence-corrected chi connectivity index (χ0v) is 5.09. The third-order valence-electron chi connectivity index (χ3n) is 0.910. The molecule has 0 fully saturated rings. The van der Waals surface area contributed by atoms with Crippen LogP contribution in [-0.2, 0) is 0 Å². The van der Waals surface area contributed by atoms with Crippen LogP contribution >= 0.6 is 0 Å². The Bertz CT molecular complexity index is 183. The van der Waals surface area contributed by atoms with Crippen molar-refractivity contribution in [2.75, 3.05) is 12.8 Å². The smallest absolute Gasteiger partial charge is 0.213 e. The van der Waals surface area contributed by atoms with Crippen molar-refractivity contribution in [3.63, 3.8) is 0 Å². The van der Waals surface area contributed by atoms with Crippen molar-refractivity contribution in [1.29, 1.82) is 0 Å². The molecule has 0 unspecified atom stereocenters. The van der Waals surface area contributed by atoms with Gasteiger partial charge in [0.1, 0.15) is 6.20 Å². The minimum atomic E-state index is 0.524. The van der Waals surface area contributed by atoms with Gasteiger partial charge in [0, 0.05) is 6.07 Å². The Morgan fingerprint density at radius 3 is 2.89 bits per heavy atom. The van der Waals surface area contributed by atoms with Crippen molar-refractivity contribution in [1.82, 2.24) is 4.98 Å². The van der Waals surface area contributed by atoms with Crippen molar-refractivity contribution < 1.29 is 4.74 Å². The van der Waals surface area contributed by atoms with Crippen molar-refractivity contribution in [3.05, 3.63) is 18.3 Å². The van der Waals surface area contributed by atoms with Crippen molar-refractivity contribution in [2.24, 2.45) is 0 Å². The van der Waals surface area contributed by atoms with Gasteiger partial charge in [0.2, 0.25) is 5.88 Å². The van der Waals surface area contributed by atoms with Crippen LogP contribution < -0.4 is 10.5 Å². The fourth-order valence-corrected chi connectivity index (χ4v) is 0.469. The second-order valence-electron chi connectivity index (χ2n) is 1.55. The van der Waals surface area contributed by atoms with E-state index >= 15 is 0 Å². The van der Waals surface area contributed by atoms with Crippen LogP contribution in [0.25, 0.3) is 0 Å². The predicted octanol–water partition coefficient (Wildman–Crippen LogP) is 0.473. The fraction of sp³-hybridized carbons (Fsp3) is 0.167. The molecular weight excluding hydrogens is 116 g/mol. The Hall–Kier alpha value is -1.25. The van der Waals surface area contributed by atoms with Crippen LogP contribution in [-0.4, -0.2) is 12.1 Å². The SMILES string of the molecule is COc1ccc(N)[c]n1. The summed E-state index contributed by atoms with van der Waals surface area (Å²) < 4.78 is 4.77. The largest absolute Gasteiger partial charge is 0.481 e. The maximum Gasteiger partial charge on any atom is 0.213 e. The van der Waals surface area contributed by atoms with E-state index in [0.29, 0.717) is 11.6 Å². The number of anilines is 1. The molecule has 0 atom stereocenters. The molecule has 9 heavy (non-hydrogen) atoms. The lowest BCUT2D eigenvalue weighted by molar-refractivity contribution is 0.398. The van der Waals surface area contributed by atoms with Gasteiger partial charge in [-0.1, -0.05) is 0 Å². The molecule has 1 heterocycles. The van der Waals surface area contributed by atoms with E-state index in [4.69, 9.17) is 10.5 Å². The number of aromatic nitrogens is 1. The summed E-state index contributed by atoms with van der Waals surface area (Å²) >= 11 is 0. The van der Waals surface area contributed by atoms with Crippen LogP contribution in [0.3, 0.4) is 0 Å². The first kappa shape index (κ1) is 5.88. The lowest BCUT2D eigenvalue weighted by atomic mass is 10.4. The number of pyridine rings is 1. The fourth-order valence-electron chi connectivity index (χ4n) is 0.469. The molecule has 0 aliphatic carbocycles. The van der Waals surface area contributed by atoms with Gasteiger partial charge in [0.25, 0.3) is 0 Å². The van der Waals surface area contributed by atoms with Crippen LogP contribution in [0, 0.1) is 6.20 Å².